The van der Waals surface area contributed by atoms with Crippen molar-refractivity contribution in [2.45, 2.75) is 18.1 Å². The first kappa shape index (κ1) is 20.6. The van der Waals surface area contributed by atoms with E-state index in [-0.39, 0.29) is 19.1 Å². The maximum absolute atomic E-state index is 13.5. The van der Waals surface area contributed by atoms with Crippen LogP contribution in [0.2, 0.25) is 0 Å². The Hall–Kier alpha value is -3.64. The van der Waals surface area contributed by atoms with E-state index < -0.39 is 17.7 Å². The van der Waals surface area contributed by atoms with E-state index in [0.29, 0.717) is 17.7 Å². The molecule has 0 unspecified atom stereocenters. The smallest absolute Gasteiger partial charge is 0.325 e. The molecule has 6 nitrogen and oxygen atoms in total. The quantitative estimate of drug-likeness (QED) is 0.553. The normalized spacial score (nSPS) is 19.2. The first-order chi connectivity index (χ1) is 15.1. The van der Waals surface area contributed by atoms with Crippen LogP contribution in [0, 0.1) is 0 Å². The Labute approximate surface area is 181 Å². The maximum Gasteiger partial charge on any atom is 0.325 e. The number of nitrogens with one attached hydrogen (secondary N) is 1. The summed E-state index contributed by atoms with van der Waals surface area (Å²) in [5.41, 5.74) is 0.407. The number of ether oxygens (including phenoxy) is 1. The number of para-hydroxylation sites is 1. The Bertz CT molecular complexity index is 1030. The first-order valence-corrected chi connectivity index (χ1v) is 10.2. The predicted octanol–water partition coefficient (Wildman–Crippen LogP) is 3.12. The molecule has 0 bridgehead atoms. The number of aliphatic hydroxyl groups excluding tert-OH is 1. The number of imide groups is 1. The Kier molecular flexibility index (Phi) is 6.00. The van der Waals surface area contributed by atoms with Crippen molar-refractivity contribution in [3.63, 3.8) is 0 Å². The van der Waals surface area contributed by atoms with Crippen LogP contribution in [0.15, 0.2) is 91.0 Å². The van der Waals surface area contributed by atoms with Crippen molar-refractivity contribution in [1.82, 2.24) is 10.2 Å². The molecule has 3 amide bonds. The molecule has 1 heterocycles. The number of hydrogen-bond donors (Lipinski definition) is 2. The Morgan fingerprint density at radius 1 is 0.871 bits per heavy atom. The van der Waals surface area contributed by atoms with Gasteiger partial charge >= 0.3 is 6.03 Å². The molecule has 1 fully saturated rings. The van der Waals surface area contributed by atoms with Gasteiger partial charge in [0.05, 0.1) is 6.54 Å². The average molecular weight is 416 g/mol. The van der Waals surface area contributed by atoms with Gasteiger partial charge in [-0.3, -0.25) is 9.69 Å². The Morgan fingerprint density at radius 3 is 2.10 bits per heavy atom. The summed E-state index contributed by atoms with van der Waals surface area (Å²) in [5.74, 6) is 0.229. The zero-order valence-electron chi connectivity index (χ0n) is 17.0. The van der Waals surface area contributed by atoms with E-state index in [1.807, 2.05) is 78.9 Å². The van der Waals surface area contributed by atoms with Crippen molar-refractivity contribution < 1.29 is 19.4 Å². The minimum atomic E-state index is -1.22. The van der Waals surface area contributed by atoms with E-state index in [4.69, 9.17) is 4.74 Å². The Morgan fingerprint density at radius 2 is 1.45 bits per heavy atom. The van der Waals surface area contributed by atoms with E-state index in [1.54, 1.807) is 12.1 Å². The fraction of sp³-hybridized carbons (Fsp3) is 0.200. The zero-order valence-corrected chi connectivity index (χ0v) is 17.0. The molecule has 0 spiro atoms. The minimum Gasteiger partial charge on any atom is -0.491 e. The number of hydrogen-bond acceptors (Lipinski definition) is 4. The van der Waals surface area contributed by atoms with E-state index >= 15 is 0 Å². The highest BCUT2D eigenvalue weighted by Gasteiger charge is 2.52. The van der Waals surface area contributed by atoms with Crippen LogP contribution in [0.3, 0.4) is 0 Å². The molecule has 2 atom stereocenters. The highest BCUT2D eigenvalue weighted by atomic mass is 16.5. The van der Waals surface area contributed by atoms with E-state index in [9.17, 15) is 14.7 Å². The van der Waals surface area contributed by atoms with Gasteiger partial charge in [-0.2, -0.15) is 0 Å². The van der Waals surface area contributed by atoms with Gasteiger partial charge in [0.15, 0.2) is 5.54 Å². The van der Waals surface area contributed by atoms with Crippen LogP contribution < -0.4 is 10.1 Å². The third-order valence-electron chi connectivity index (χ3n) is 5.33. The molecule has 1 aliphatic heterocycles. The van der Waals surface area contributed by atoms with E-state index in [2.05, 4.69) is 5.32 Å². The molecule has 0 aromatic heterocycles. The van der Waals surface area contributed by atoms with Crippen LogP contribution in [0.1, 0.15) is 11.1 Å². The molecule has 0 radical (unpaired) electrons. The molecular weight excluding hydrogens is 392 g/mol. The number of amides is 3. The monoisotopic (exact) mass is 416 g/mol. The minimum absolute atomic E-state index is 0.0297. The molecule has 0 aliphatic carbocycles. The number of rotatable bonds is 8. The van der Waals surface area contributed by atoms with Crippen LogP contribution in [-0.2, 0) is 16.8 Å². The van der Waals surface area contributed by atoms with Gasteiger partial charge in [-0.1, -0.05) is 78.9 Å². The van der Waals surface area contributed by atoms with Gasteiger partial charge in [-0.05, 0) is 23.3 Å². The summed E-state index contributed by atoms with van der Waals surface area (Å²) in [6, 6.07) is 27.3. The first-order valence-electron chi connectivity index (χ1n) is 10.2. The summed E-state index contributed by atoms with van der Waals surface area (Å²) in [6.45, 7) is -0.182. The average Bonchev–Trinajstić information content (AvgIpc) is 3.04. The summed E-state index contributed by atoms with van der Waals surface area (Å²) in [4.78, 5) is 27.4. The number of carbonyl (C=O) groups excluding carboxylic acids is 2. The van der Waals surface area contributed by atoms with Crippen molar-refractivity contribution in [1.29, 1.82) is 0 Å². The van der Waals surface area contributed by atoms with Gasteiger partial charge in [0, 0.05) is 6.42 Å². The highest BCUT2D eigenvalue weighted by Crippen LogP contribution is 2.33. The lowest BCUT2D eigenvalue weighted by Gasteiger charge is -2.28. The summed E-state index contributed by atoms with van der Waals surface area (Å²) >= 11 is 0. The summed E-state index contributed by atoms with van der Waals surface area (Å²) < 4.78 is 5.56. The second-order valence-corrected chi connectivity index (χ2v) is 7.56. The fourth-order valence-electron chi connectivity index (χ4n) is 3.81. The third kappa shape index (κ3) is 4.44. The molecule has 1 aliphatic rings. The summed E-state index contributed by atoms with van der Waals surface area (Å²) in [5, 5.41) is 13.3. The number of carbonyl (C=O) groups is 2. The molecule has 4 rings (SSSR count). The van der Waals surface area contributed by atoms with Crippen LogP contribution in [0.4, 0.5) is 4.79 Å². The van der Waals surface area contributed by atoms with E-state index in [1.165, 1.54) is 0 Å². The lowest BCUT2D eigenvalue weighted by Crippen LogP contribution is -2.46. The van der Waals surface area contributed by atoms with Gasteiger partial charge in [0.2, 0.25) is 0 Å². The topological polar surface area (TPSA) is 78.9 Å². The standard InChI is InChI=1S/C25H24N2O4/c28-21(18-31-22-14-8-3-9-15-22)17-27-23(29)25(26-24(27)30,20-12-6-2-7-13-20)16-19-10-4-1-5-11-19/h1-15,21,28H,16-18H2,(H,26,30)/t21-,25-/m0/s1. The summed E-state index contributed by atoms with van der Waals surface area (Å²) in [6.07, 6.45) is -0.701. The second-order valence-electron chi connectivity index (χ2n) is 7.56. The van der Waals surface area contributed by atoms with Crippen molar-refractivity contribution in [2.24, 2.45) is 0 Å². The van der Waals surface area contributed by atoms with Crippen LogP contribution in [0.5, 0.6) is 5.75 Å². The van der Waals surface area contributed by atoms with Gasteiger partial charge in [0.25, 0.3) is 5.91 Å². The molecule has 31 heavy (non-hydrogen) atoms. The highest BCUT2D eigenvalue weighted by molar-refractivity contribution is 6.07. The van der Waals surface area contributed by atoms with E-state index in [0.717, 1.165) is 10.5 Å². The van der Waals surface area contributed by atoms with Gasteiger partial charge < -0.3 is 15.2 Å². The number of aliphatic hydroxyl groups is 1. The molecule has 6 heteroatoms. The van der Waals surface area contributed by atoms with Crippen LogP contribution in [-0.4, -0.2) is 41.2 Å². The molecule has 0 saturated carbocycles. The van der Waals surface area contributed by atoms with Gasteiger partial charge in [0.1, 0.15) is 18.5 Å². The van der Waals surface area contributed by atoms with Crippen molar-refractivity contribution in [3.8, 4) is 5.75 Å². The summed E-state index contributed by atoms with van der Waals surface area (Å²) in [7, 11) is 0. The molecule has 3 aromatic rings. The van der Waals surface area contributed by atoms with Crippen molar-refractivity contribution >= 4 is 11.9 Å². The largest absolute Gasteiger partial charge is 0.491 e. The number of benzene rings is 3. The number of β-amino-alcohol motifs (C(OH)–C–C–N with tert-alkyl or cyclic N) is 1. The second kappa shape index (κ2) is 9.02. The molecule has 158 valence electrons. The molecule has 2 N–H and O–H groups in total. The number of urea groups is 1. The molecule has 3 aromatic carbocycles. The fourth-order valence-corrected chi connectivity index (χ4v) is 3.81. The van der Waals surface area contributed by atoms with Gasteiger partial charge in [-0.25, -0.2) is 4.79 Å². The molecule has 1 saturated heterocycles. The van der Waals surface area contributed by atoms with Crippen LogP contribution >= 0.6 is 0 Å². The number of nitrogens with zero attached hydrogens (tertiary/aromatic N) is 1. The lowest BCUT2D eigenvalue weighted by atomic mass is 9.83. The SMILES string of the molecule is O=C1N[C@@](Cc2ccccc2)(c2ccccc2)C(=O)N1C[C@H](O)COc1ccccc1. The van der Waals surface area contributed by atoms with Crippen LogP contribution in [0.25, 0.3) is 0 Å². The van der Waals surface area contributed by atoms with Crippen molar-refractivity contribution in [2.75, 3.05) is 13.2 Å². The van der Waals surface area contributed by atoms with Crippen molar-refractivity contribution in [3.05, 3.63) is 102 Å². The molecular formula is C25H24N2O4. The van der Waals surface area contributed by atoms with Gasteiger partial charge in [-0.15, -0.1) is 0 Å². The zero-order chi connectivity index (χ0) is 21.7. The lowest BCUT2D eigenvalue weighted by molar-refractivity contribution is -0.132. The maximum atomic E-state index is 13.5. The predicted molar refractivity (Wildman–Crippen MR) is 116 cm³/mol. The third-order valence-corrected chi connectivity index (χ3v) is 5.33. The Balaban J connectivity index is 1.54.